The maximum absolute atomic E-state index is 13.0. The predicted molar refractivity (Wildman–Crippen MR) is 136 cm³/mol. The minimum atomic E-state index is -0.102. The van der Waals surface area contributed by atoms with Crippen LogP contribution in [0.4, 0.5) is 10.5 Å². The third kappa shape index (κ3) is 7.40. The first kappa shape index (κ1) is 28.8. The van der Waals surface area contributed by atoms with E-state index in [0.29, 0.717) is 18.7 Å². The summed E-state index contributed by atoms with van der Waals surface area (Å²) in [4.78, 5) is 31.2. The fourth-order valence-corrected chi connectivity index (χ4v) is 4.41. The number of anilines is 1. The maximum atomic E-state index is 13.0. The smallest absolute Gasteiger partial charge is 0.320 e. The molecule has 1 aromatic rings. The largest absolute Gasteiger partial charge is 0.463 e. The topological polar surface area (TPSA) is 103 Å². The third-order valence-electron chi connectivity index (χ3n) is 6.32. The van der Waals surface area contributed by atoms with Gasteiger partial charge in [-0.25, -0.2) is 4.79 Å². The van der Waals surface area contributed by atoms with Crippen molar-refractivity contribution in [2.75, 3.05) is 38.1 Å². The van der Waals surface area contributed by atoms with Crippen LogP contribution in [-0.2, 0) is 9.53 Å². The molecule has 0 unspecified atom stereocenters. The molecule has 0 atom stereocenters. The van der Waals surface area contributed by atoms with Gasteiger partial charge >= 0.3 is 12.0 Å². The second-order valence-electron chi connectivity index (χ2n) is 8.82. The lowest BCUT2D eigenvalue weighted by Crippen LogP contribution is -2.54. The van der Waals surface area contributed by atoms with Gasteiger partial charge < -0.3 is 25.2 Å². The number of nitrogen functional groups attached to an aromatic ring is 1. The van der Waals surface area contributed by atoms with Crippen molar-refractivity contribution >= 4 is 48.3 Å². The van der Waals surface area contributed by atoms with E-state index in [2.05, 4.69) is 4.90 Å². The van der Waals surface area contributed by atoms with Crippen LogP contribution in [0.25, 0.3) is 0 Å². The molecule has 2 aliphatic rings. The summed E-state index contributed by atoms with van der Waals surface area (Å²) in [5.74, 6) is -0.0779. The van der Waals surface area contributed by atoms with E-state index in [4.69, 9.17) is 15.9 Å². The zero-order chi connectivity index (χ0) is 22.5. The van der Waals surface area contributed by atoms with Crippen molar-refractivity contribution in [1.82, 2.24) is 9.80 Å². The molecule has 0 bridgehead atoms. The van der Waals surface area contributed by atoms with E-state index in [0.717, 1.165) is 44.5 Å². The van der Waals surface area contributed by atoms with Crippen LogP contribution >= 0.6 is 24.8 Å². The molecule has 1 aliphatic heterocycles. The quantitative estimate of drug-likeness (QED) is 0.365. The van der Waals surface area contributed by atoms with Crippen LogP contribution in [0.1, 0.15) is 45.1 Å². The van der Waals surface area contributed by atoms with Crippen LogP contribution in [0, 0.1) is 11.3 Å². The van der Waals surface area contributed by atoms with Crippen LogP contribution in [0.15, 0.2) is 24.3 Å². The molecule has 33 heavy (non-hydrogen) atoms. The molecule has 0 aromatic heterocycles. The third-order valence-corrected chi connectivity index (χ3v) is 6.32. The van der Waals surface area contributed by atoms with E-state index in [1.807, 2.05) is 55.0 Å². The highest BCUT2D eigenvalue weighted by molar-refractivity contribution is 5.95. The summed E-state index contributed by atoms with van der Waals surface area (Å²) in [6.45, 7) is 6.63. The lowest BCUT2D eigenvalue weighted by Gasteiger charge is -2.41. The second kappa shape index (κ2) is 12.9. The Balaban J connectivity index is 0.00000272. The average Bonchev–Trinajstić information content (AvgIpc) is 2.78. The molecule has 2 amide bonds. The SMILES string of the molecule is CC(C)OC(=O)[C@H]1CC[C@@H](N(C)C(=O)N2CCN(c3ccc(C(=N)N)cc3)CC2)CC1.Cl.Cl. The molecule has 1 aliphatic carbocycles. The number of amidine groups is 1. The highest BCUT2D eigenvalue weighted by Crippen LogP contribution is 2.29. The van der Waals surface area contributed by atoms with Crippen LogP contribution in [0.5, 0.6) is 0 Å². The number of nitrogens with one attached hydrogen (secondary N) is 1. The number of hydrogen-bond donors (Lipinski definition) is 2. The molecule has 1 saturated heterocycles. The Bertz CT molecular complexity index is 790. The molecule has 2 fully saturated rings. The van der Waals surface area contributed by atoms with Crippen molar-refractivity contribution in [3.63, 3.8) is 0 Å². The summed E-state index contributed by atoms with van der Waals surface area (Å²) in [5, 5.41) is 7.50. The van der Waals surface area contributed by atoms with E-state index in [-0.39, 0.29) is 60.7 Å². The number of esters is 1. The number of urea groups is 1. The lowest BCUT2D eigenvalue weighted by atomic mass is 9.85. The fourth-order valence-electron chi connectivity index (χ4n) is 4.41. The summed E-state index contributed by atoms with van der Waals surface area (Å²) in [5.41, 5.74) is 7.32. The van der Waals surface area contributed by atoms with Gasteiger partial charge in [0, 0.05) is 50.5 Å². The number of halogens is 2. The van der Waals surface area contributed by atoms with Gasteiger partial charge in [-0.05, 0) is 63.8 Å². The first-order chi connectivity index (χ1) is 14.8. The monoisotopic (exact) mass is 501 g/mol. The molecule has 186 valence electrons. The molecule has 8 nitrogen and oxygen atoms in total. The Kier molecular flexibility index (Phi) is 11.3. The van der Waals surface area contributed by atoms with E-state index in [1.54, 1.807) is 0 Å². The van der Waals surface area contributed by atoms with Crippen molar-refractivity contribution in [1.29, 1.82) is 5.41 Å². The van der Waals surface area contributed by atoms with Gasteiger partial charge in [0.15, 0.2) is 0 Å². The van der Waals surface area contributed by atoms with E-state index < -0.39 is 0 Å². The minimum absolute atomic E-state index is 0. The van der Waals surface area contributed by atoms with Gasteiger partial charge in [0.25, 0.3) is 0 Å². The zero-order valence-corrected chi connectivity index (χ0v) is 21.3. The molecule has 0 spiro atoms. The molecular weight excluding hydrogens is 465 g/mol. The van der Waals surface area contributed by atoms with Crippen LogP contribution < -0.4 is 10.6 Å². The number of amides is 2. The number of nitrogens with zero attached hydrogens (tertiary/aromatic N) is 3. The summed E-state index contributed by atoms with van der Waals surface area (Å²) < 4.78 is 5.34. The fraction of sp³-hybridized carbons (Fsp3) is 0.609. The Labute approximate surface area is 209 Å². The van der Waals surface area contributed by atoms with E-state index >= 15 is 0 Å². The standard InChI is InChI=1S/C23H35N5O3.2ClH/c1-16(2)31-22(29)18-6-8-19(9-7-18)26(3)23(30)28-14-12-27(13-15-28)20-10-4-17(5-11-20)21(24)25;;/h4-5,10-11,16,18-19H,6-9,12-15H2,1-3H3,(H3,24,25);2*1H/t18-,19+;;. The van der Waals surface area contributed by atoms with Gasteiger partial charge in [-0.15, -0.1) is 24.8 Å². The Morgan fingerprint density at radius 1 is 1.03 bits per heavy atom. The van der Waals surface area contributed by atoms with Crippen LogP contribution in [-0.4, -0.2) is 73.0 Å². The molecule has 10 heteroatoms. The highest BCUT2D eigenvalue weighted by atomic mass is 35.5. The van der Waals surface area contributed by atoms with E-state index in [9.17, 15) is 9.59 Å². The van der Waals surface area contributed by atoms with Crippen molar-refractivity contribution in [2.24, 2.45) is 11.7 Å². The molecule has 1 aromatic carbocycles. The number of piperazine rings is 1. The van der Waals surface area contributed by atoms with Gasteiger partial charge in [0.2, 0.25) is 0 Å². The number of benzene rings is 1. The molecule has 1 saturated carbocycles. The number of rotatable bonds is 5. The Hall–Kier alpha value is -2.19. The number of ether oxygens (including phenoxy) is 1. The first-order valence-electron chi connectivity index (χ1n) is 11.2. The summed E-state index contributed by atoms with van der Waals surface area (Å²) in [6, 6.07) is 7.91. The van der Waals surface area contributed by atoms with Crippen molar-refractivity contribution in [3.8, 4) is 0 Å². The number of carbonyl (C=O) groups is 2. The number of carbonyl (C=O) groups excluding carboxylic acids is 2. The summed E-state index contributed by atoms with van der Waals surface area (Å²) >= 11 is 0. The lowest BCUT2D eigenvalue weighted by molar-refractivity contribution is -0.153. The average molecular weight is 502 g/mol. The van der Waals surface area contributed by atoms with Crippen molar-refractivity contribution < 1.29 is 14.3 Å². The van der Waals surface area contributed by atoms with Crippen molar-refractivity contribution in [3.05, 3.63) is 29.8 Å². The predicted octanol–water partition coefficient (Wildman–Crippen LogP) is 3.50. The summed E-state index contributed by atoms with van der Waals surface area (Å²) in [6.07, 6.45) is 3.14. The van der Waals surface area contributed by atoms with Crippen LogP contribution in [0.2, 0.25) is 0 Å². The second-order valence-corrected chi connectivity index (χ2v) is 8.82. The minimum Gasteiger partial charge on any atom is -0.463 e. The molecule has 3 rings (SSSR count). The highest BCUT2D eigenvalue weighted by Gasteiger charge is 2.33. The number of nitrogens with two attached hydrogens (primary N) is 1. The molecule has 0 radical (unpaired) electrons. The normalized spacial score (nSPS) is 20.4. The summed E-state index contributed by atoms with van der Waals surface area (Å²) in [7, 11) is 1.88. The van der Waals surface area contributed by atoms with Gasteiger partial charge in [-0.1, -0.05) is 0 Å². The van der Waals surface area contributed by atoms with Crippen molar-refractivity contribution in [2.45, 2.75) is 51.7 Å². The molecular formula is C23H37Cl2N5O3. The molecule has 3 N–H and O–H groups in total. The Morgan fingerprint density at radius 2 is 1.58 bits per heavy atom. The number of hydrogen-bond acceptors (Lipinski definition) is 5. The first-order valence-corrected chi connectivity index (χ1v) is 11.2. The van der Waals surface area contributed by atoms with Gasteiger partial charge in [-0.2, -0.15) is 0 Å². The van der Waals surface area contributed by atoms with Gasteiger partial charge in [0.1, 0.15) is 5.84 Å². The van der Waals surface area contributed by atoms with E-state index in [1.165, 1.54) is 0 Å². The Morgan fingerprint density at radius 3 is 2.06 bits per heavy atom. The maximum Gasteiger partial charge on any atom is 0.320 e. The van der Waals surface area contributed by atoms with Crippen LogP contribution in [0.3, 0.4) is 0 Å². The van der Waals surface area contributed by atoms with Gasteiger partial charge in [0.05, 0.1) is 12.0 Å². The van der Waals surface area contributed by atoms with Gasteiger partial charge in [-0.3, -0.25) is 10.2 Å². The zero-order valence-electron chi connectivity index (χ0n) is 19.7. The molecule has 1 heterocycles.